The third kappa shape index (κ3) is 4.10. The second-order valence-electron chi connectivity index (χ2n) is 8.00. The van der Waals surface area contributed by atoms with Crippen LogP contribution in [0.15, 0.2) is 42.5 Å². The molecule has 7 heteroatoms. The van der Waals surface area contributed by atoms with Gasteiger partial charge in [0.05, 0.1) is 23.9 Å². The van der Waals surface area contributed by atoms with Crippen LogP contribution < -0.4 is 15.0 Å². The van der Waals surface area contributed by atoms with Crippen molar-refractivity contribution in [2.45, 2.75) is 38.5 Å². The Kier molecular flexibility index (Phi) is 6.25. The maximum Gasteiger partial charge on any atom is 0.303 e. The highest BCUT2D eigenvalue weighted by atomic mass is 16.5. The van der Waals surface area contributed by atoms with Gasteiger partial charge in [-0.05, 0) is 37.1 Å². The summed E-state index contributed by atoms with van der Waals surface area (Å²) in [6.07, 6.45) is 4.36. The number of nitrogens with one attached hydrogen (secondary N) is 1. The van der Waals surface area contributed by atoms with E-state index in [0.717, 1.165) is 36.9 Å². The predicted octanol–water partition coefficient (Wildman–Crippen LogP) is 4.33. The standard InChI is InChI=1S/C25H26N2O5/c1-32-16-12-13-20-18(15-16)23(22-17-9-6-7-10-19(17)26-24(22)30)25(31)27(20)14-8-4-2-3-5-11-21(28)29/h6-7,9-10,12-13,15H,2-5,8,11,14H2,1H3,(H,26,30)(H,28,29)/b23-22+. The first-order chi connectivity index (χ1) is 15.5. The van der Waals surface area contributed by atoms with E-state index in [1.807, 2.05) is 42.5 Å². The van der Waals surface area contributed by atoms with E-state index >= 15 is 0 Å². The van der Waals surface area contributed by atoms with Gasteiger partial charge >= 0.3 is 5.97 Å². The van der Waals surface area contributed by atoms with Gasteiger partial charge in [-0.25, -0.2) is 0 Å². The second-order valence-corrected chi connectivity index (χ2v) is 8.00. The number of benzene rings is 2. The van der Waals surface area contributed by atoms with Crippen LogP contribution in [0.4, 0.5) is 11.4 Å². The minimum atomic E-state index is -0.766. The summed E-state index contributed by atoms with van der Waals surface area (Å²) in [6, 6.07) is 12.9. The van der Waals surface area contributed by atoms with Crippen molar-refractivity contribution in [1.29, 1.82) is 0 Å². The van der Waals surface area contributed by atoms with E-state index in [-0.39, 0.29) is 18.2 Å². The summed E-state index contributed by atoms with van der Waals surface area (Å²) >= 11 is 0. The molecule has 7 nitrogen and oxygen atoms in total. The molecule has 2 aliphatic rings. The molecule has 2 aromatic carbocycles. The van der Waals surface area contributed by atoms with Crippen LogP contribution in [0.2, 0.25) is 0 Å². The lowest BCUT2D eigenvalue weighted by Crippen LogP contribution is -2.28. The molecule has 4 rings (SSSR count). The largest absolute Gasteiger partial charge is 0.497 e. The van der Waals surface area contributed by atoms with Gasteiger partial charge in [0.25, 0.3) is 11.8 Å². The third-order valence-electron chi connectivity index (χ3n) is 5.92. The SMILES string of the molecule is COc1ccc2c(c1)/C(=C1\C(=O)Nc3ccccc31)C(=O)N2CCCCCCCC(=O)O. The highest BCUT2D eigenvalue weighted by Gasteiger charge is 2.39. The molecule has 0 aliphatic carbocycles. The Morgan fingerprint density at radius 1 is 0.969 bits per heavy atom. The minimum Gasteiger partial charge on any atom is -0.497 e. The number of hydrogen-bond donors (Lipinski definition) is 2. The highest BCUT2D eigenvalue weighted by molar-refractivity contribution is 6.49. The number of aliphatic carboxylic acids is 1. The zero-order valence-electron chi connectivity index (χ0n) is 18.0. The van der Waals surface area contributed by atoms with Crippen LogP contribution in [0.5, 0.6) is 5.75 Å². The van der Waals surface area contributed by atoms with Gasteiger partial charge in [0.15, 0.2) is 0 Å². The van der Waals surface area contributed by atoms with E-state index < -0.39 is 5.97 Å². The number of rotatable bonds is 9. The molecule has 0 fully saturated rings. The number of methoxy groups -OCH3 is 1. The number of carboxylic acids is 1. The number of carbonyl (C=O) groups excluding carboxylic acids is 2. The first-order valence-corrected chi connectivity index (χ1v) is 10.9. The fourth-order valence-corrected chi connectivity index (χ4v) is 4.34. The van der Waals surface area contributed by atoms with Crippen molar-refractivity contribution in [2.24, 2.45) is 0 Å². The molecule has 0 radical (unpaired) electrons. The molecule has 2 amide bonds. The molecule has 0 saturated heterocycles. The van der Waals surface area contributed by atoms with Crippen LogP contribution in [-0.4, -0.2) is 36.5 Å². The van der Waals surface area contributed by atoms with Crippen molar-refractivity contribution in [3.05, 3.63) is 53.6 Å². The number of carbonyl (C=O) groups is 3. The predicted molar refractivity (Wildman–Crippen MR) is 123 cm³/mol. The molecule has 0 atom stereocenters. The van der Waals surface area contributed by atoms with E-state index in [4.69, 9.17) is 9.84 Å². The maximum atomic E-state index is 13.5. The van der Waals surface area contributed by atoms with Gasteiger partial charge in [-0.2, -0.15) is 0 Å². The lowest BCUT2D eigenvalue weighted by Gasteiger charge is -2.17. The Labute approximate surface area is 186 Å². The third-order valence-corrected chi connectivity index (χ3v) is 5.92. The van der Waals surface area contributed by atoms with Gasteiger partial charge in [-0.3, -0.25) is 14.4 Å². The van der Waals surface area contributed by atoms with Crippen LogP contribution in [0.1, 0.15) is 49.7 Å². The molecule has 166 valence electrons. The van der Waals surface area contributed by atoms with E-state index in [1.54, 1.807) is 12.0 Å². The number of unbranched alkanes of at least 4 members (excludes halogenated alkanes) is 4. The lowest BCUT2D eigenvalue weighted by molar-refractivity contribution is -0.137. The van der Waals surface area contributed by atoms with E-state index in [2.05, 4.69) is 5.32 Å². The summed E-state index contributed by atoms with van der Waals surface area (Å²) < 4.78 is 5.38. The average Bonchev–Trinajstić information content (AvgIpc) is 3.24. The van der Waals surface area contributed by atoms with Crippen LogP contribution in [-0.2, 0) is 14.4 Å². The number of carboxylic acid groups (broad SMARTS) is 1. The van der Waals surface area contributed by atoms with Gasteiger partial charge in [0, 0.05) is 29.8 Å². The zero-order valence-corrected chi connectivity index (χ0v) is 18.0. The number of para-hydroxylation sites is 1. The fraction of sp³-hybridized carbons (Fsp3) is 0.320. The molecule has 0 spiro atoms. The smallest absolute Gasteiger partial charge is 0.303 e. The number of anilines is 2. The molecule has 2 heterocycles. The number of ether oxygens (including phenoxy) is 1. The Balaban J connectivity index is 1.59. The average molecular weight is 434 g/mol. The van der Waals surface area contributed by atoms with E-state index in [0.29, 0.717) is 41.1 Å². The van der Waals surface area contributed by atoms with Crippen LogP contribution in [0.3, 0.4) is 0 Å². The normalized spacial score (nSPS) is 16.7. The van der Waals surface area contributed by atoms with Crippen molar-refractivity contribution in [1.82, 2.24) is 0 Å². The molecule has 0 bridgehead atoms. The van der Waals surface area contributed by atoms with E-state index in [1.165, 1.54) is 0 Å². The molecule has 2 N–H and O–H groups in total. The summed E-state index contributed by atoms with van der Waals surface area (Å²) in [6.45, 7) is 0.539. The first-order valence-electron chi connectivity index (χ1n) is 10.9. The molecule has 2 aromatic rings. The van der Waals surface area contributed by atoms with Crippen molar-refractivity contribution in [3.8, 4) is 5.75 Å². The monoisotopic (exact) mass is 434 g/mol. The Bertz CT molecular complexity index is 1110. The number of amides is 2. The van der Waals surface area contributed by atoms with Crippen molar-refractivity contribution in [2.75, 3.05) is 23.9 Å². The first kappa shape index (κ1) is 21.6. The maximum absolute atomic E-state index is 13.5. The van der Waals surface area contributed by atoms with Crippen LogP contribution >= 0.6 is 0 Å². The summed E-state index contributed by atoms with van der Waals surface area (Å²) in [5.41, 5.74) is 3.73. The lowest BCUT2D eigenvalue weighted by atomic mass is 9.96. The topological polar surface area (TPSA) is 95.9 Å². The zero-order chi connectivity index (χ0) is 22.7. The molecule has 0 unspecified atom stereocenters. The van der Waals surface area contributed by atoms with Crippen molar-refractivity contribution < 1.29 is 24.2 Å². The fourth-order valence-electron chi connectivity index (χ4n) is 4.34. The van der Waals surface area contributed by atoms with Gasteiger partial charge in [-0.1, -0.05) is 37.5 Å². The number of nitrogens with zero attached hydrogens (tertiary/aromatic N) is 1. The van der Waals surface area contributed by atoms with Gasteiger partial charge in [0.2, 0.25) is 0 Å². The summed E-state index contributed by atoms with van der Waals surface area (Å²) in [5.74, 6) is -0.594. The second kappa shape index (κ2) is 9.26. The molecular weight excluding hydrogens is 408 g/mol. The van der Waals surface area contributed by atoms with Crippen molar-refractivity contribution >= 4 is 40.3 Å². The van der Waals surface area contributed by atoms with Gasteiger partial charge in [-0.15, -0.1) is 0 Å². The summed E-state index contributed by atoms with van der Waals surface area (Å²) in [4.78, 5) is 38.7. The molecular formula is C25H26N2O5. The minimum absolute atomic E-state index is 0.180. The highest BCUT2D eigenvalue weighted by Crippen LogP contribution is 2.45. The van der Waals surface area contributed by atoms with Crippen LogP contribution in [0.25, 0.3) is 11.1 Å². The van der Waals surface area contributed by atoms with Gasteiger partial charge < -0.3 is 20.1 Å². The summed E-state index contributed by atoms with van der Waals surface area (Å²) in [7, 11) is 1.57. The van der Waals surface area contributed by atoms with E-state index in [9.17, 15) is 14.4 Å². The van der Waals surface area contributed by atoms with Crippen molar-refractivity contribution in [3.63, 3.8) is 0 Å². The van der Waals surface area contributed by atoms with Gasteiger partial charge in [0.1, 0.15) is 5.75 Å². The molecule has 32 heavy (non-hydrogen) atoms. The Morgan fingerprint density at radius 3 is 2.50 bits per heavy atom. The molecule has 0 aromatic heterocycles. The Morgan fingerprint density at radius 2 is 1.72 bits per heavy atom. The molecule has 0 saturated carbocycles. The Hall–Kier alpha value is -3.61. The summed E-state index contributed by atoms with van der Waals surface area (Å²) in [5, 5.41) is 11.6. The number of hydrogen-bond acceptors (Lipinski definition) is 4. The quantitative estimate of drug-likeness (QED) is 0.452. The molecule has 2 aliphatic heterocycles. The number of fused-ring (bicyclic) bond motifs is 2. The van der Waals surface area contributed by atoms with Crippen LogP contribution in [0, 0.1) is 0 Å².